The second-order valence-electron chi connectivity index (χ2n) is 3.50. The highest BCUT2D eigenvalue weighted by Gasteiger charge is 2.10. The highest BCUT2D eigenvalue weighted by atomic mass is 32.2. The van der Waals surface area contributed by atoms with Gasteiger partial charge in [0, 0.05) is 12.3 Å². The summed E-state index contributed by atoms with van der Waals surface area (Å²) >= 11 is 0. The van der Waals surface area contributed by atoms with E-state index in [1.165, 1.54) is 25.1 Å². The predicted molar refractivity (Wildman–Crippen MR) is 64.0 cm³/mol. The molecule has 0 aliphatic carbocycles. The van der Waals surface area contributed by atoms with Gasteiger partial charge in [0.05, 0.1) is 4.90 Å². The Bertz CT molecular complexity index is 503. The van der Waals surface area contributed by atoms with Crippen LogP contribution < -0.4 is 0 Å². The van der Waals surface area contributed by atoms with Crippen LogP contribution in [0.1, 0.15) is 13.8 Å². The van der Waals surface area contributed by atoms with Crippen LogP contribution in [0.3, 0.4) is 0 Å². The first kappa shape index (κ1) is 13.4. The molecule has 0 unspecified atom stereocenters. The van der Waals surface area contributed by atoms with Gasteiger partial charge in [0.15, 0.2) is 9.84 Å². The van der Waals surface area contributed by atoms with E-state index in [0.717, 1.165) is 5.41 Å². The fourth-order valence-electron chi connectivity index (χ4n) is 1.20. The molecule has 0 amide bonds. The maximum atomic E-state index is 11.8. The van der Waals surface area contributed by atoms with Crippen molar-refractivity contribution >= 4 is 15.8 Å². The topological polar surface area (TPSA) is 60.4 Å². The molecule has 0 spiro atoms. The molecular weight excluding hydrogens is 240 g/mol. The number of ether oxygens (including phenoxy) is 1. The zero-order valence-corrected chi connectivity index (χ0v) is 10.5. The highest BCUT2D eigenvalue weighted by molar-refractivity contribution is 7.94. The first-order chi connectivity index (χ1) is 7.92. The van der Waals surface area contributed by atoms with Crippen LogP contribution in [0.4, 0.5) is 0 Å². The summed E-state index contributed by atoms with van der Waals surface area (Å²) in [4.78, 5) is 10.9. The number of carbonyl (C=O) groups is 1. The van der Waals surface area contributed by atoms with Crippen LogP contribution >= 0.6 is 0 Å². The lowest BCUT2D eigenvalue weighted by molar-refractivity contribution is -0.143. The van der Waals surface area contributed by atoms with E-state index in [1.54, 1.807) is 25.1 Å². The van der Waals surface area contributed by atoms with Crippen molar-refractivity contribution in [2.75, 3.05) is 0 Å². The molecule has 1 aromatic carbocycles. The van der Waals surface area contributed by atoms with Gasteiger partial charge in [-0.15, -0.1) is 0 Å². The van der Waals surface area contributed by atoms with Crippen LogP contribution in [-0.2, 0) is 19.4 Å². The van der Waals surface area contributed by atoms with Gasteiger partial charge in [0.1, 0.15) is 6.10 Å². The molecule has 5 heteroatoms. The third-order valence-electron chi connectivity index (χ3n) is 1.95. The molecule has 1 rings (SSSR count). The minimum Gasteiger partial charge on any atom is -0.459 e. The zero-order chi connectivity index (χ0) is 12.9. The molecule has 1 atom stereocenters. The maximum Gasteiger partial charge on any atom is 0.303 e. The fourth-order valence-corrected chi connectivity index (χ4v) is 2.33. The van der Waals surface area contributed by atoms with Gasteiger partial charge in [0.25, 0.3) is 0 Å². The van der Waals surface area contributed by atoms with E-state index in [2.05, 4.69) is 0 Å². The van der Waals surface area contributed by atoms with E-state index < -0.39 is 21.9 Å². The minimum atomic E-state index is -3.46. The smallest absolute Gasteiger partial charge is 0.303 e. The second kappa shape index (κ2) is 5.63. The molecule has 4 nitrogen and oxygen atoms in total. The van der Waals surface area contributed by atoms with E-state index in [1.807, 2.05) is 0 Å². The molecular formula is C12H14O4S. The van der Waals surface area contributed by atoms with Gasteiger partial charge >= 0.3 is 5.97 Å². The normalized spacial score (nSPS) is 13.5. The molecule has 1 aromatic rings. The standard InChI is InChI=1S/C12H14O4S/c1-10(16-11(2)13)8-9-17(14,15)12-6-4-3-5-7-12/h3-10H,1-2H3/b9-8-/t10-/m1/s1. The number of sulfone groups is 1. The monoisotopic (exact) mass is 254 g/mol. The number of esters is 1. The summed E-state index contributed by atoms with van der Waals surface area (Å²) in [5, 5.41) is 1.05. The molecule has 0 heterocycles. The van der Waals surface area contributed by atoms with Crippen LogP contribution in [0.15, 0.2) is 46.7 Å². The van der Waals surface area contributed by atoms with Crippen LogP contribution in [0, 0.1) is 0 Å². The molecule has 0 fully saturated rings. The van der Waals surface area contributed by atoms with Gasteiger partial charge in [-0.2, -0.15) is 0 Å². The first-order valence-corrected chi connectivity index (χ1v) is 6.62. The van der Waals surface area contributed by atoms with Crippen molar-refractivity contribution < 1.29 is 17.9 Å². The van der Waals surface area contributed by atoms with Gasteiger partial charge in [-0.3, -0.25) is 4.79 Å². The Hall–Kier alpha value is -1.62. The van der Waals surface area contributed by atoms with E-state index in [-0.39, 0.29) is 4.90 Å². The lowest BCUT2D eigenvalue weighted by Gasteiger charge is -2.06. The quantitative estimate of drug-likeness (QED) is 0.770. The Morgan fingerprint density at radius 3 is 2.41 bits per heavy atom. The summed E-state index contributed by atoms with van der Waals surface area (Å²) in [6, 6.07) is 8.06. The van der Waals surface area contributed by atoms with Crippen molar-refractivity contribution in [3.05, 3.63) is 41.8 Å². The SMILES string of the molecule is CC(=O)O[C@H](C)/C=C\S(=O)(=O)c1ccccc1. The van der Waals surface area contributed by atoms with Crippen LogP contribution in [-0.4, -0.2) is 20.5 Å². The van der Waals surface area contributed by atoms with Gasteiger partial charge in [-0.1, -0.05) is 18.2 Å². The lowest BCUT2D eigenvalue weighted by atomic mass is 10.4. The third-order valence-corrected chi connectivity index (χ3v) is 3.40. The van der Waals surface area contributed by atoms with E-state index in [0.29, 0.717) is 0 Å². The summed E-state index contributed by atoms with van der Waals surface area (Å²) in [6.07, 6.45) is 0.773. The largest absolute Gasteiger partial charge is 0.459 e. The van der Waals surface area contributed by atoms with E-state index >= 15 is 0 Å². The van der Waals surface area contributed by atoms with E-state index in [4.69, 9.17) is 4.74 Å². The Balaban J connectivity index is 2.81. The Labute approximate surface area is 101 Å². The lowest BCUT2D eigenvalue weighted by Crippen LogP contribution is -2.09. The van der Waals surface area contributed by atoms with Crippen LogP contribution in [0.2, 0.25) is 0 Å². The summed E-state index contributed by atoms with van der Waals surface area (Å²) in [6.45, 7) is 2.87. The van der Waals surface area contributed by atoms with Crippen molar-refractivity contribution in [3.8, 4) is 0 Å². The van der Waals surface area contributed by atoms with Crippen LogP contribution in [0.25, 0.3) is 0 Å². The number of carbonyl (C=O) groups excluding carboxylic acids is 1. The van der Waals surface area contributed by atoms with Gasteiger partial charge < -0.3 is 4.74 Å². The second-order valence-corrected chi connectivity index (χ2v) is 5.33. The molecule has 0 aliphatic rings. The molecule has 17 heavy (non-hydrogen) atoms. The van der Waals surface area contributed by atoms with E-state index in [9.17, 15) is 13.2 Å². The number of benzene rings is 1. The van der Waals surface area contributed by atoms with Crippen LogP contribution in [0.5, 0.6) is 0 Å². The van der Waals surface area contributed by atoms with Crippen molar-refractivity contribution in [1.82, 2.24) is 0 Å². The van der Waals surface area contributed by atoms with Gasteiger partial charge in [-0.25, -0.2) is 8.42 Å². The average molecular weight is 254 g/mol. The molecule has 0 bridgehead atoms. The zero-order valence-electron chi connectivity index (χ0n) is 9.66. The Kier molecular flexibility index (Phi) is 4.45. The van der Waals surface area contributed by atoms with Crippen molar-refractivity contribution in [3.63, 3.8) is 0 Å². The highest BCUT2D eigenvalue weighted by Crippen LogP contribution is 2.11. The number of hydrogen-bond acceptors (Lipinski definition) is 4. The summed E-state index contributed by atoms with van der Waals surface area (Å²) in [5.41, 5.74) is 0. The maximum absolute atomic E-state index is 11.8. The molecule has 0 N–H and O–H groups in total. The summed E-state index contributed by atoms with van der Waals surface area (Å²) < 4.78 is 28.4. The van der Waals surface area contributed by atoms with Crippen molar-refractivity contribution in [2.24, 2.45) is 0 Å². The van der Waals surface area contributed by atoms with Crippen molar-refractivity contribution in [1.29, 1.82) is 0 Å². The summed E-state index contributed by atoms with van der Waals surface area (Å²) in [7, 11) is -3.46. The van der Waals surface area contributed by atoms with Crippen molar-refractivity contribution in [2.45, 2.75) is 24.8 Å². The molecule has 0 aromatic heterocycles. The molecule has 0 saturated carbocycles. The number of rotatable bonds is 4. The first-order valence-electron chi connectivity index (χ1n) is 5.07. The molecule has 0 aliphatic heterocycles. The third kappa shape index (κ3) is 4.40. The predicted octanol–water partition coefficient (Wildman–Crippen LogP) is 1.93. The van der Waals surface area contributed by atoms with Gasteiger partial charge in [0.2, 0.25) is 0 Å². The fraction of sp³-hybridized carbons (Fsp3) is 0.250. The Morgan fingerprint density at radius 2 is 1.88 bits per heavy atom. The summed E-state index contributed by atoms with van der Waals surface area (Å²) in [5.74, 6) is -0.445. The molecule has 0 saturated heterocycles. The molecule has 92 valence electrons. The Morgan fingerprint density at radius 1 is 1.29 bits per heavy atom. The number of hydrogen-bond donors (Lipinski definition) is 0. The average Bonchev–Trinajstić information content (AvgIpc) is 2.27. The minimum absolute atomic E-state index is 0.214. The van der Waals surface area contributed by atoms with Gasteiger partial charge in [-0.05, 0) is 25.1 Å². The molecule has 0 radical (unpaired) electrons.